The molecule has 1 N–H and O–H groups in total. The molecule has 0 radical (unpaired) electrons. The van der Waals surface area contributed by atoms with E-state index >= 15 is 0 Å². The molecule has 0 aromatic heterocycles. The van der Waals surface area contributed by atoms with Crippen LogP contribution in [-0.2, 0) is 53.0 Å². The standard InChI is InChI=1S/C27H34F2O12S/c1-12(27(28,29)42(34,35)36)37-16(30)6-7-17(31)38-22-21-19(18-20(39-21)23(22)40-24(18)32)25(33)41-26(8-2-3-9-26)15-11-13-4-5-14(15)10-13/h12-15,18-23H,2-11H2,1H3,(H,34,35,36). The van der Waals surface area contributed by atoms with Gasteiger partial charge < -0.3 is 23.7 Å². The van der Waals surface area contributed by atoms with Gasteiger partial charge in [0.05, 0.1) is 12.8 Å². The second-order valence-corrected chi connectivity index (χ2v) is 14.1. The number of hydrogen-bond acceptors (Lipinski definition) is 11. The summed E-state index contributed by atoms with van der Waals surface area (Å²) in [5.41, 5.74) is -0.573. The summed E-state index contributed by atoms with van der Waals surface area (Å²) in [7, 11) is -5.84. The first kappa shape index (κ1) is 29.7. The van der Waals surface area contributed by atoms with Gasteiger partial charge in [0.25, 0.3) is 0 Å². The summed E-state index contributed by atoms with van der Waals surface area (Å²) in [5.74, 6) is -3.91. The number of ether oxygens (including phenoxy) is 5. The smallest absolute Gasteiger partial charge is 0.405 e. The van der Waals surface area contributed by atoms with Crippen molar-refractivity contribution in [3.63, 3.8) is 0 Å². The lowest BCUT2D eigenvalue weighted by molar-refractivity contribution is -0.180. The molecule has 3 saturated carbocycles. The van der Waals surface area contributed by atoms with Gasteiger partial charge in [-0.2, -0.15) is 17.2 Å². The highest BCUT2D eigenvalue weighted by Crippen LogP contribution is 2.58. The summed E-state index contributed by atoms with van der Waals surface area (Å²) in [5, 5.41) is -4.75. The molecule has 234 valence electrons. The molecular formula is C27H34F2O12S. The van der Waals surface area contributed by atoms with E-state index in [4.69, 9.17) is 23.5 Å². The van der Waals surface area contributed by atoms with E-state index in [9.17, 15) is 36.4 Å². The lowest BCUT2D eigenvalue weighted by Gasteiger charge is -2.41. The molecule has 0 amide bonds. The predicted molar refractivity (Wildman–Crippen MR) is 133 cm³/mol. The van der Waals surface area contributed by atoms with Gasteiger partial charge in [-0.05, 0) is 63.7 Å². The average Bonchev–Trinajstić information content (AvgIpc) is 3.74. The van der Waals surface area contributed by atoms with E-state index in [0.29, 0.717) is 24.7 Å². The molecule has 15 heteroatoms. The van der Waals surface area contributed by atoms with Gasteiger partial charge in [-0.25, -0.2) is 0 Å². The molecule has 10 unspecified atom stereocenters. The quantitative estimate of drug-likeness (QED) is 0.215. The van der Waals surface area contributed by atoms with Crippen molar-refractivity contribution >= 4 is 34.0 Å². The van der Waals surface area contributed by atoms with Crippen LogP contribution in [0.2, 0.25) is 0 Å². The Morgan fingerprint density at radius 1 is 1.07 bits per heavy atom. The van der Waals surface area contributed by atoms with E-state index in [1.807, 2.05) is 0 Å². The largest absolute Gasteiger partial charge is 0.458 e. The minimum absolute atomic E-state index is 0.291. The predicted octanol–water partition coefficient (Wildman–Crippen LogP) is 2.32. The number of carbonyl (C=O) groups is 4. The van der Waals surface area contributed by atoms with Crippen LogP contribution in [0.3, 0.4) is 0 Å². The van der Waals surface area contributed by atoms with Crippen LogP contribution in [0, 0.1) is 29.6 Å². The molecule has 6 fully saturated rings. The van der Waals surface area contributed by atoms with Crippen LogP contribution in [0.4, 0.5) is 8.78 Å². The Balaban J connectivity index is 1.09. The summed E-state index contributed by atoms with van der Waals surface area (Å²) in [6, 6.07) is 0. The van der Waals surface area contributed by atoms with Crippen LogP contribution in [0.1, 0.15) is 71.1 Å². The van der Waals surface area contributed by atoms with E-state index in [1.165, 1.54) is 6.42 Å². The third-order valence-corrected chi connectivity index (χ3v) is 11.3. The van der Waals surface area contributed by atoms with Gasteiger partial charge in [-0.1, -0.05) is 6.42 Å². The van der Waals surface area contributed by atoms with Crippen molar-refractivity contribution in [2.24, 2.45) is 29.6 Å². The number of esters is 4. The van der Waals surface area contributed by atoms with Crippen molar-refractivity contribution in [3.05, 3.63) is 0 Å². The van der Waals surface area contributed by atoms with Crippen LogP contribution >= 0.6 is 0 Å². The lowest BCUT2D eigenvalue weighted by atomic mass is 9.74. The third kappa shape index (κ3) is 4.79. The van der Waals surface area contributed by atoms with Crippen LogP contribution in [-0.4, -0.2) is 78.2 Å². The molecule has 10 atom stereocenters. The van der Waals surface area contributed by atoms with E-state index in [0.717, 1.165) is 44.9 Å². The third-order valence-electron chi connectivity index (χ3n) is 10.3. The normalized spacial score (nSPS) is 38.4. The second-order valence-electron chi connectivity index (χ2n) is 12.6. The summed E-state index contributed by atoms with van der Waals surface area (Å²) >= 11 is 0. The fourth-order valence-corrected chi connectivity index (χ4v) is 8.84. The SMILES string of the molecule is CC(OC(=O)CCC(=O)OC1C2OC(=O)C3C2OC1C3C(=O)OC1(C2CC3CCC2C3)CCCC1)C(F)(F)S(=O)(=O)O. The molecule has 3 heterocycles. The first-order chi connectivity index (χ1) is 19.7. The summed E-state index contributed by atoms with van der Waals surface area (Å²) in [6.45, 7) is 0.577. The highest BCUT2D eigenvalue weighted by Gasteiger charge is 2.72. The molecular weight excluding hydrogens is 586 g/mol. The topological polar surface area (TPSA) is 169 Å². The van der Waals surface area contributed by atoms with E-state index < -0.39 is 100 Å². The number of rotatable bonds is 10. The molecule has 4 bridgehead atoms. The van der Waals surface area contributed by atoms with Crippen molar-refractivity contribution < 1.29 is 64.6 Å². The van der Waals surface area contributed by atoms with E-state index in [-0.39, 0.29) is 0 Å². The molecule has 3 aliphatic carbocycles. The van der Waals surface area contributed by atoms with Crippen LogP contribution in [0.25, 0.3) is 0 Å². The molecule has 3 aliphatic heterocycles. The Kier molecular flexibility index (Phi) is 7.32. The number of halogens is 2. The second kappa shape index (κ2) is 10.4. The minimum atomic E-state index is -5.84. The number of carbonyl (C=O) groups excluding carboxylic acids is 4. The molecule has 3 saturated heterocycles. The highest BCUT2D eigenvalue weighted by atomic mass is 32.2. The van der Waals surface area contributed by atoms with Gasteiger partial charge in [0.2, 0.25) is 0 Å². The van der Waals surface area contributed by atoms with Crippen molar-refractivity contribution in [3.8, 4) is 0 Å². The zero-order valence-corrected chi connectivity index (χ0v) is 23.8. The zero-order chi connectivity index (χ0) is 30.2. The number of fused-ring (bicyclic) bond motifs is 3. The zero-order valence-electron chi connectivity index (χ0n) is 22.9. The lowest BCUT2D eigenvalue weighted by Crippen LogP contribution is -2.51. The van der Waals surface area contributed by atoms with Crippen molar-refractivity contribution in [2.45, 2.75) is 113 Å². The van der Waals surface area contributed by atoms with Gasteiger partial charge in [0, 0.05) is 5.92 Å². The van der Waals surface area contributed by atoms with Gasteiger partial charge in [-0.15, -0.1) is 0 Å². The van der Waals surface area contributed by atoms with Gasteiger partial charge >= 0.3 is 39.2 Å². The van der Waals surface area contributed by atoms with Crippen LogP contribution < -0.4 is 0 Å². The van der Waals surface area contributed by atoms with Crippen LogP contribution in [0.15, 0.2) is 0 Å². The Morgan fingerprint density at radius 3 is 2.38 bits per heavy atom. The van der Waals surface area contributed by atoms with Gasteiger partial charge in [0.1, 0.15) is 29.6 Å². The maximum Gasteiger partial charge on any atom is 0.405 e. The summed E-state index contributed by atoms with van der Waals surface area (Å²) < 4.78 is 85.1. The Morgan fingerprint density at radius 2 is 1.76 bits per heavy atom. The first-order valence-corrected chi connectivity index (χ1v) is 16.0. The monoisotopic (exact) mass is 620 g/mol. The Bertz CT molecular complexity index is 1260. The maximum atomic E-state index is 13.8. The van der Waals surface area contributed by atoms with Crippen molar-refractivity contribution in [1.29, 1.82) is 0 Å². The van der Waals surface area contributed by atoms with Crippen molar-refractivity contribution in [2.75, 3.05) is 0 Å². The Hall–Kier alpha value is -2.39. The highest BCUT2D eigenvalue weighted by molar-refractivity contribution is 7.86. The maximum absolute atomic E-state index is 13.8. The minimum Gasteiger partial charge on any atom is -0.458 e. The number of hydrogen-bond donors (Lipinski definition) is 1. The molecule has 0 aromatic carbocycles. The molecule has 6 aliphatic rings. The van der Waals surface area contributed by atoms with Gasteiger partial charge in [0.15, 0.2) is 18.3 Å². The fourth-order valence-electron chi connectivity index (χ4n) is 8.37. The molecule has 42 heavy (non-hydrogen) atoms. The van der Waals surface area contributed by atoms with Crippen LogP contribution in [0.5, 0.6) is 0 Å². The molecule has 6 rings (SSSR count). The average molecular weight is 621 g/mol. The van der Waals surface area contributed by atoms with E-state index in [1.54, 1.807) is 0 Å². The van der Waals surface area contributed by atoms with Crippen molar-refractivity contribution in [1.82, 2.24) is 0 Å². The molecule has 0 spiro atoms. The Labute approximate surface area is 240 Å². The first-order valence-electron chi connectivity index (χ1n) is 14.5. The molecule has 0 aromatic rings. The summed E-state index contributed by atoms with van der Waals surface area (Å²) in [4.78, 5) is 51.1. The summed E-state index contributed by atoms with van der Waals surface area (Å²) in [6.07, 6.45) is 0.240. The number of alkyl halides is 2. The van der Waals surface area contributed by atoms with Gasteiger partial charge in [-0.3, -0.25) is 23.7 Å². The molecule has 12 nitrogen and oxygen atoms in total. The van der Waals surface area contributed by atoms with E-state index in [2.05, 4.69) is 4.74 Å². The fraction of sp³-hybridized carbons (Fsp3) is 0.852.